The lowest BCUT2D eigenvalue weighted by molar-refractivity contribution is 0.381. The maximum absolute atomic E-state index is 16.5. The summed E-state index contributed by atoms with van der Waals surface area (Å²) in [6, 6.07) is 0.991. The molecule has 9 aromatic rings. The van der Waals surface area contributed by atoms with Crippen LogP contribution in [-0.4, -0.2) is 29.9 Å². The monoisotopic (exact) mass is 1490 g/mol. The molecule has 0 aliphatic carbocycles. The van der Waals surface area contributed by atoms with Gasteiger partial charge in [0.1, 0.15) is 0 Å². The second-order valence-corrected chi connectivity index (χ2v) is 21.9. The van der Waals surface area contributed by atoms with E-state index >= 15 is 105 Å². The summed E-state index contributed by atoms with van der Waals surface area (Å²) in [5.74, 6) is -86.8. The van der Waals surface area contributed by atoms with Crippen LogP contribution in [0, 0.1) is 175 Å². The van der Waals surface area contributed by atoms with Gasteiger partial charge in [0, 0.05) is 44.4 Å². The van der Waals surface area contributed by atoms with E-state index in [1.165, 1.54) is 0 Å². The molecular formula is C66H13ClF30N6. The van der Waals surface area contributed by atoms with E-state index in [0.29, 0.717) is 60.7 Å². The van der Waals surface area contributed by atoms with Crippen molar-refractivity contribution in [3.8, 4) is 66.8 Å². The van der Waals surface area contributed by atoms with Crippen LogP contribution in [-0.2, 0) is 0 Å². The molecule has 0 spiro atoms. The van der Waals surface area contributed by atoms with Gasteiger partial charge in [-0.15, -0.1) is 0 Å². The molecular weight excluding hydrogens is 1480 g/mol. The zero-order valence-corrected chi connectivity index (χ0v) is 49.1. The topological polar surface area (TPSA) is 83.1 Å². The number of benzene rings is 6. The van der Waals surface area contributed by atoms with Gasteiger partial charge in [-0.05, 0) is 66.8 Å². The van der Waals surface area contributed by atoms with Crippen molar-refractivity contribution in [1.29, 1.82) is 0 Å². The normalized spacial score (nSPS) is 12.5. The molecule has 6 aromatic carbocycles. The van der Waals surface area contributed by atoms with E-state index in [4.69, 9.17) is 11.6 Å². The highest BCUT2D eigenvalue weighted by molar-refractivity contribution is 6.35. The van der Waals surface area contributed by atoms with Gasteiger partial charge in [0.15, 0.2) is 140 Å². The highest BCUT2D eigenvalue weighted by Gasteiger charge is 2.39. The maximum Gasteiger partial charge on any atom is 0.200 e. The molecule has 4 aliphatic rings. The van der Waals surface area contributed by atoms with E-state index in [1.54, 1.807) is 0 Å². The van der Waals surface area contributed by atoms with E-state index in [2.05, 4.69) is 24.9 Å². The Kier molecular flexibility index (Phi) is 16.9. The fourth-order valence-corrected chi connectivity index (χ4v) is 11.6. The Balaban J connectivity index is 1.36. The van der Waals surface area contributed by atoms with Gasteiger partial charge in [0.25, 0.3) is 0 Å². The van der Waals surface area contributed by atoms with Gasteiger partial charge in [-0.25, -0.2) is 152 Å². The Hall–Kier alpha value is -11.6. The molecule has 0 saturated heterocycles. The first kappa shape index (κ1) is 69.9. The van der Waals surface area contributed by atoms with Gasteiger partial charge < -0.3 is 9.97 Å². The smallest absolute Gasteiger partial charge is 0.200 e. The predicted molar refractivity (Wildman–Crippen MR) is 304 cm³/mol. The summed E-state index contributed by atoms with van der Waals surface area (Å²) in [6.07, 6.45) is 2.60. The van der Waals surface area contributed by atoms with E-state index in [9.17, 15) is 26.3 Å². The van der Waals surface area contributed by atoms with Crippen LogP contribution in [0.3, 0.4) is 0 Å². The minimum Gasteiger partial charge on any atom is -0.354 e. The quantitative estimate of drug-likeness (QED) is 0.0987. The molecule has 103 heavy (non-hydrogen) atoms. The number of hydrogen-bond acceptors (Lipinski definition) is 4. The molecule has 37 heteroatoms. The van der Waals surface area contributed by atoms with Crippen molar-refractivity contribution in [3.63, 3.8) is 0 Å². The van der Waals surface area contributed by atoms with Crippen molar-refractivity contribution in [2.24, 2.45) is 0 Å². The van der Waals surface area contributed by atoms with Crippen LogP contribution < -0.4 is 0 Å². The predicted octanol–water partition coefficient (Wildman–Crippen LogP) is 21.5. The molecule has 4 aliphatic heterocycles. The first-order chi connectivity index (χ1) is 48.5. The van der Waals surface area contributed by atoms with Gasteiger partial charge in [0.2, 0.25) is 34.9 Å². The zero-order chi connectivity index (χ0) is 74.8. The van der Waals surface area contributed by atoms with E-state index < -0.39 is 314 Å². The minimum atomic E-state index is -2.96. The summed E-state index contributed by atoms with van der Waals surface area (Å²) < 4.78 is 473. The van der Waals surface area contributed by atoms with Crippen LogP contribution in [0.5, 0.6) is 0 Å². The fraction of sp³-hybridized carbons (Fsp3) is 0. The van der Waals surface area contributed by atoms with E-state index in [-0.39, 0.29) is 6.07 Å². The molecule has 0 fully saturated rings. The third kappa shape index (κ3) is 10.3. The average molecular weight is 1500 g/mol. The Morgan fingerprint density at radius 1 is 0.184 bits per heavy atom. The summed E-state index contributed by atoms with van der Waals surface area (Å²) in [5, 5.41) is -1.32. The van der Waals surface area contributed by atoms with Crippen molar-refractivity contribution in [2.75, 3.05) is 0 Å². The molecule has 0 amide bonds. The number of aromatic amines is 2. The second-order valence-electron chi connectivity index (χ2n) is 21.5. The summed E-state index contributed by atoms with van der Waals surface area (Å²) in [4.78, 5) is 19.6. The molecule has 2 N–H and O–H groups in total. The van der Waals surface area contributed by atoms with Crippen LogP contribution in [0.2, 0.25) is 5.02 Å². The van der Waals surface area contributed by atoms with Crippen molar-refractivity contribution < 1.29 is 132 Å². The van der Waals surface area contributed by atoms with Crippen LogP contribution in [0.4, 0.5) is 132 Å². The molecule has 13 rings (SSSR count). The maximum atomic E-state index is 16.5. The molecule has 0 unspecified atom stereocenters. The minimum absolute atomic E-state index is 0.235. The van der Waals surface area contributed by atoms with Crippen molar-refractivity contribution in [1.82, 2.24) is 29.9 Å². The zero-order valence-electron chi connectivity index (χ0n) is 48.4. The van der Waals surface area contributed by atoms with E-state index in [0.717, 1.165) is 0 Å². The van der Waals surface area contributed by atoms with Gasteiger partial charge >= 0.3 is 0 Å². The molecule has 0 atom stereocenters. The van der Waals surface area contributed by atoms with Crippen LogP contribution >= 0.6 is 11.6 Å². The Morgan fingerprint density at radius 3 is 0.573 bits per heavy atom. The lowest BCUT2D eigenvalue weighted by atomic mass is 10.00. The van der Waals surface area contributed by atoms with Gasteiger partial charge in [0.05, 0.1) is 95.0 Å². The highest BCUT2D eigenvalue weighted by atomic mass is 35.5. The SMILES string of the molecule is Fc1c(F)c(F)c(-c2c3nc(c(-c4c(F)c(F)c(F)c(F)c4F)c4ccc([nH]4)c(-c4c(F)c(F)c(F)c(F)c4F)c4nc(c(-c5c(F)c(F)c(F)c(F)c5F)c5nc(c(-c6c(F)c(F)c(F)c(F)c6F)c6[nH]c(cc6Cl)c(-c6c(F)c(F)c(F)c(F)c6F)c6nc2C=C6)C=C5)C=C4)C=C3)c(F)c1F. The second kappa shape index (κ2) is 24.9. The van der Waals surface area contributed by atoms with Gasteiger partial charge in [-0.3, -0.25) is 0 Å². The highest BCUT2D eigenvalue weighted by Crippen LogP contribution is 2.48. The third-order valence-corrected chi connectivity index (χ3v) is 16.2. The lowest BCUT2D eigenvalue weighted by Gasteiger charge is -2.12. The standard InChI is InChI=1S/C66H13ClF30N6/c67-12-11-23-28(34-44(76)56(88)64(96)57(89)45(34)77)21-8-7-19(101-21)26(32-40(72)52(84)62(94)53(85)41(32)73)17-4-3-15(99-17)24(30-36(68)48(80)60(92)49(81)37(30)69)13-1-2-14(98-13)25(31-38(70)50(82)61(93)51(83)39(31)71)16-5-6-18(100-16)27(33-42(74)54(86)63(95)55(87)43(33)75)20-9-10-22(102-20)29(66(12)103-23)35-46(78)58(90)65(97)59(91)47(35)79/h1-11,98,103H. The largest absolute Gasteiger partial charge is 0.354 e. The molecule has 3 aromatic heterocycles. The molecule has 7 heterocycles. The van der Waals surface area contributed by atoms with Crippen molar-refractivity contribution >= 4 is 82.3 Å². The van der Waals surface area contributed by atoms with Crippen LogP contribution in [0.25, 0.3) is 137 Å². The Bertz CT molecular complexity index is 5800. The molecule has 12 bridgehead atoms. The first-order valence-corrected chi connectivity index (χ1v) is 27.9. The number of H-pyrrole nitrogens is 2. The molecule has 0 radical (unpaired) electrons. The number of hydrogen-bond donors (Lipinski definition) is 2. The van der Waals surface area contributed by atoms with Crippen molar-refractivity contribution in [3.05, 3.63) is 243 Å². The number of rotatable bonds is 6. The number of nitrogens with zero attached hydrogens (tertiary/aromatic N) is 4. The summed E-state index contributed by atoms with van der Waals surface area (Å²) in [7, 11) is 0. The Labute approximate surface area is 552 Å². The van der Waals surface area contributed by atoms with Crippen LogP contribution in [0.1, 0.15) is 45.6 Å². The number of fused-ring (bicyclic) bond motifs is 12. The lowest BCUT2D eigenvalue weighted by Crippen LogP contribution is -2.06. The Morgan fingerprint density at radius 2 is 0.350 bits per heavy atom. The number of halogens is 31. The summed E-state index contributed by atoms with van der Waals surface area (Å²) in [5.41, 5.74) is -40.0. The third-order valence-electron chi connectivity index (χ3n) is 15.9. The molecule has 524 valence electrons. The van der Waals surface area contributed by atoms with Gasteiger partial charge in [-0.2, -0.15) is 0 Å². The first-order valence-electron chi connectivity index (χ1n) is 27.5. The molecule has 6 nitrogen and oxygen atoms in total. The average Bonchev–Trinajstić information content (AvgIpc) is 1.62. The summed E-state index contributed by atoms with van der Waals surface area (Å²) in [6.45, 7) is 0. The number of nitrogens with one attached hydrogen (secondary N) is 2. The van der Waals surface area contributed by atoms with Crippen molar-refractivity contribution in [2.45, 2.75) is 0 Å². The summed E-state index contributed by atoms with van der Waals surface area (Å²) >= 11 is 6.59. The fourth-order valence-electron chi connectivity index (χ4n) is 11.3. The number of aromatic nitrogens is 6. The van der Waals surface area contributed by atoms with Gasteiger partial charge in [-0.1, -0.05) is 11.6 Å². The van der Waals surface area contributed by atoms with E-state index in [1.807, 2.05) is 4.98 Å². The molecule has 0 saturated carbocycles. The van der Waals surface area contributed by atoms with Crippen LogP contribution in [0.15, 0.2) is 18.2 Å².